The molecule has 0 aromatic rings. The van der Waals surface area contributed by atoms with Gasteiger partial charge in [0.1, 0.15) is 12.7 Å². The highest BCUT2D eigenvalue weighted by molar-refractivity contribution is 6.76. The van der Waals surface area contributed by atoms with Crippen molar-refractivity contribution >= 4 is 58.6 Å². The topological polar surface area (TPSA) is 130 Å². The van der Waals surface area contributed by atoms with Crippen LogP contribution in [0.15, 0.2) is 0 Å². The normalized spacial score (nSPS) is 28.9. The Kier molecular flexibility index (Phi) is 9.42. The van der Waals surface area contributed by atoms with E-state index in [0.29, 0.717) is 0 Å². The van der Waals surface area contributed by atoms with E-state index in [4.69, 9.17) is 68.6 Å². The molecule has 1 aliphatic carbocycles. The van der Waals surface area contributed by atoms with E-state index in [1.165, 1.54) is 13.8 Å². The second-order valence-corrected chi connectivity index (χ2v) is 9.86. The van der Waals surface area contributed by atoms with Gasteiger partial charge in [-0.05, 0) is 25.7 Å². The van der Waals surface area contributed by atoms with Gasteiger partial charge in [0.2, 0.25) is 12.2 Å². The number of alkyl halides is 3. The van der Waals surface area contributed by atoms with Gasteiger partial charge >= 0.3 is 17.9 Å². The highest BCUT2D eigenvalue weighted by Gasteiger charge is 2.54. The molecular formula is C19H26Cl3NO9. The molecule has 0 aromatic carbocycles. The first-order valence-corrected chi connectivity index (χ1v) is 11.0. The maximum Gasteiger partial charge on any atom is 0.303 e. The minimum Gasteiger partial charge on any atom is -0.463 e. The van der Waals surface area contributed by atoms with Gasteiger partial charge in [-0.25, -0.2) is 0 Å². The Balaban J connectivity index is 2.41. The summed E-state index contributed by atoms with van der Waals surface area (Å²) in [5.74, 6) is -2.49. The quantitative estimate of drug-likeness (QED) is 0.169. The molecule has 0 spiro atoms. The van der Waals surface area contributed by atoms with Crippen LogP contribution in [0.25, 0.3) is 0 Å². The lowest BCUT2D eigenvalue weighted by molar-refractivity contribution is -0.304. The first-order chi connectivity index (χ1) is 14.8. The van der Waals surface area contributed by atoms with Crippen LogP contribution in [0.1, 0.15) is 40.5 Å². The van der Waals surface area contributed by atoms with E-state index in [9.17, 15) is 14.4 Å². The van der Waals surface area contributed by atoms with E-state index in [1.807, 2.05) is 6.92 Å². The molecule has 0 amide bonds. The van der Waals surface area contributed by atoms with Crippen LogP contribution in [-0.4, -0.2) is 71.0 Å². The minimum atomic E-state index is -2.20. The third kappa shape index (κ3) is 7.91. The van der Waals surface area contributed by atoms with Crippen molar-refractivity contribution in [3.8, 4) is 0 Å². The SMILES string of the molecule is CC(=O)OC[C@H]1OC(OC(=N)C(Cl)(Cl)Cl)[C@H](OC(C)C2CC2)[C@@H](OC(C)=O)[C@@H]1OC(C)=O. The van der Waals surface area contributed by atoms with Gasteiger partial charge in [-0.15, -0.1) is 0 Å². The maximum absolute atomic E-state index is 11.9. The summed E-state index contributed by atoms with van der Waals surface area (Å²) >= 11 is 17.2. The molecule has 10 nitrogen and oxygen atoms in total. The van der Waals surface area contributed by atoms with Crippen LogP contribution in [0.2, 0.25) is 0 Å². The second kappa shape index (κ2) is 11.2. The third-order valence-corrected chi connectivity index (χ3v) is 5.31. The largest absolute Gasteiger partial charge is 0.463 e. The smallest absolute Gasteiger partial charge is 0.303 e. The van der Waals surface area contributed by atoms with Gasteiger partial charge in [-0.2, -0.15) is 0 Å². The zero-order valence-corrected chi connectivity index (χ0v) is 20.2. The van der Waals surface area contributed by atoms with Crippen molar-refractivity contribution in [1.82, 2.24) is 0 Å². The molecule has 0 bridgehead atoms. The van der Waals surface area contributed by atoms with E-state index in [-0.39, 0.29) is 18.6 Å². The second-order valence-electron chi connectivity index (χ2n) is 7.58. The summed E-state index contributed by atoms with van der Waals surface area (Å²) in [6, 6.07) is 0. The lowest BCUT2D eigenvalue weighted by atomic mass is 9.97. The van der Waals surface area contributed by atoms with Gasteiger partial charge in [0.05, 0.1) is 6.10 Å². The van der Waals surface area contributed by atoms with E-state index >= 15 is 0 Å². The lowest BCUT2D eigenvalue weighted by Crippen LogP contribution is -2.63. The van der Waals surface area contributed by atoms with Crippen LogP contribution < -0.4 is 0 Å². The Morgan fingerprint density at radius 1 is 0.969 bits per heavy atom. The average molecular weight is 519 g/mol. The summed E-state index contributed by atoms with van der Waals surface area (Å²) in [6.45, 7) is 4.98. The first-order valence-electron chi connectivity index (χ1n) is 9.90. The molecule has 2 fully saturated rings. The van der Waals surface area contributed by atoms with Crippen LogP contribution in [0.5, 0.6) is 0 Å². The fourth-order valence-electron chi connectivity index (χ4n) is 3.22. The summed E-state index contributed by atoms with van der Waals surface area (Å²) in [7, 11) is 0. The summed E-state index contributed by atoms with van der Waals surface area (Å²) in [6.07, 6.45) is -4.50. The minimum absolute atomic E-state index is 0.271. The summed E-state index contributed by atoms with van der Waals surface area (Å²) < 4.78 is 31.0. The number of hydrogen-bond donors (Lipinski definition) is 1. The molecule has 0 aromatic heterocycles. The van der Waals surface area contributed by atoms with Crippen LogP contribution in [0, 0.1) is 11.3 Å². The molecule has 0 radical (unpaired) electrons. The number of carbonyl (C=O) groups is 3. The molecule has 2 unspecified atom stereocenters. The van der Waals surface area contributed by atoms with Gasteiger partial charge in [0.15, 0.2) is 18.3 Å². The van der Waals surface area contributed by atoms with Crippen molar-refractivity contribution in [2.24, 2.45) is 5.92 Å². The molecule has 2 aliphatic rings. The molecule has 182 valence electrons. The third-order valence-electron chi connectivity index (χ3n) is 4.80. The lowest BCUT2D eigenvalue weighted by Gasteiger charge is -2.45. The number of hydrogen-bond acceptors (Lipinski definition) is 10. The van der Waals surface area contributed by atoms with Gasteiger partial charge in [0, 0.05) is 20.8 Å². The molecular weight excluding hydrogens is 493 g/mol. The van der Waals surface area contributed by atoms with E-state index in [2.05, 4.69) is 0 Å². The monoisotopic (exact) mass is 517 g/mol. The predicted molar refractivity (Wildman–Crippen MR) is 113 cm³/mol. The summed E-state index contributed by atoms with van der Waals surface area (Å²) in [4.78, 5) is 35.0. The zero-order chi connectivity index (χ0) is 24.2. The molecule has 1 N–H and O–H groups in total. The Morgan fingerprint density at radius 2 is 1.53 bits per heavy atom. The summed E-state index contributed by atoms with van der Waals surface area (Å²) in [5.41, 5.74) is 0. The van der Waals surface area contributed by atoms with Crippen LogP contribution in [-0.2, 0) is 42.8 Å². The van der Waals surface area contributed by atoms with E-state index in [1.54, 1.807) is 0 Å². The molecule has 1 saturated carbocycles. The Labute approximate surface area is 200 Å². The van der Waals surface area contributed by atoms with Crippen molar-refractivity contribution in [2.45, 2.75) is 81.1 Å². The van der Waals surface area contributed by atoms with E-state index in [0.717, 1.165) is 19.8 Å². The van der Waals surface area contributed by atoms with Crippen LogP contribution >= 0.6 is 34.8 Å². The Hall–Kier alpha value is -1.33. The van der Waals surface area contributed by atoms with Crippen molar-refractivity contribution < 1.29 is 42.8 Å². The number of rotatable bonds is 8. The highest BCUT2D eigenvalue weighted by atomic mass is 35.6. The maximum atomic E-state index is 11.9. The van der Waals surface area contributed by atoms with Gasteiger partial charge < -0.3 is 28.4 Å². The van der Waals surface area contributed by atoms with Gasteiger partial charge in [-0.3, -0.25) is 19.8 Å². The number of halogens is 3. The summed E-state index contributed by atoms with van der Waals surface area (Å²) in [5, 5.41) is 7.92. The van der Waals surface area contributed by atoms with E-state index < -0.39 is 58.3 Å². The molecule has 32 heavy (non-hydrogen) atoms. The standard InChI is InChI=1S/C19H26Cl3NO9/c1-8(12-5-6-12)28-16-15(30-11(4)26)14(29-10(3)25)13(7-27-9(2)24)31-17(16)32-18(23)19(20,21)22/h8,12-17,23H,5-7H2,1-4H3/t8?,13-,14-,15+,16-,17?/m1/s1. The average Bonchev–Trinajstić information content (AvgIpc) is 3.48. The van der Waals surface area contributed by atoms with Crippen LogP contribution in [0.3, 0.4) is 0 Å². The number of carbonyl (C=O) groups excluding carboxylic acids is 3. The molecule has 2 rings (SSSR count). The number of esters is 3. The zero-order valence-electron chi connectivity index (χ0n) is 18.0. The number of ether oxygens (including phenoxy) is 6. The fourth-order valence-corrected chi connectivity index (χ4v) is 3.35. The van der Waals surface area contributed by atoms with Gasteiger partial charge in [-0.1, -0.05) is 34.8 Å². The fraction of sp³-hybridized carbons (Fsp3) is 0.789. The Bertz CT molecular complexity index is 725. The molecule has 1 aliphatic heterocycles. The molecule has 1 saturated heterocycles. The number of nitrogens with one attached hydrogen (secondary N) is 1. The molecule has 13 heteroatoms. The van der Waals surface area contributed by atoms with Crippen molar-refractivity contribution in [1.29, 1.82) is 5.41 Å². The predicted octanol–water partition coefficient (Wildman–Crippen LogP) is 2.69. The first kappa shape index (κ1) is 26.9. The molecule has 1 heterocycles. The Morgan fingerprint density at radius 3 is 2.00 bits per heavy atom. The van der Waals surface area contributed by atoms with Crippen molar-refractivity contribution in [3.63, 3.8) is 0 Å². The van der Waals surface area contributed by atoms with Crippen LogP contribution in [0.4, 0.5) is 0 Å². The molecule has 6 atom stereocenters. The highest BCUT2D eigenvalue weighted by Crippen LogP contribution is 2.38. The van der Waals surface area contributed by atoms with Crippen molar-refractivity contribution in [3.05, 3.63) is 0 Å². The van der Waals surface area contributed by atoms with Gasteiger partial charge in [0.25, 0.3) is 3.79 Å². The van der Waals surface area contributed by atoms with Crippen molar-refractivity contribution in [2.75, 3.05) is 6.61 Å².